The van der Waals surface area contributed by atoms with E-state index in [1.165, 1.54) is 12.5 Å². The van der Waals surface area contributed by atoms with Crippen LogP contribution in [0.25, 0.3) is 11.1 Å². The van der Waals surface area contributed by atoms with Gasteiger partial charge in [-0.25, -0.2) is 13.2 Å². The minimum Gasteiger partial charge on any atom is -0.486 e. The summed E-state index contributed by atoms with van der Waals surface area (Å²) in [5, 5.41) is 0. The molecule has 186 valence electrons. The van der Waals surface area contributed by atoms with Gasteiger partial charge < -0.3 is 4.74 Å². The van der Waals surface area contributed by atoms with E-state index in [-0.39, 0.29) is 23.8 Å². The number of aryl methyl sites for hydroxylation is 1. The lowest BCUT2D eigenvalue weighted by Crippen LogP contribution is -2.15. The normalized spacial score (nSPS) is 18.0. The van der Waals surface area contributed by atoms with E-state index in [0.29, 0.717) is 34.6 Å². The van der Waals surface area contributed by atoms with E-state index in [1.807, 2.05) is 0 Å². The van der Waals surface area contributed by atoms with Gasteiger partial charge in [-0.15, -0.1) is 0 Å². The van der Waals surface area contributed by atoms with Gasteiger partial charge in [0.1, 0.15) is 6.61 Å². The molecule has 0 aromatic heterocycles. The number of ether oxygens (including phenoxy) is 1. The number of halogens is 4. The lowest BCUT2D eigenvalue weighted by atomic mass is 9.77. The summed E-state index contributed by atoms with van der Waals surface area (Å²) in [6, 6.07) is 13.1. The summed E-state index contributed by atoms with van der Waals surface area (Å²) in [4.78, 5) is 0. The summed E-state index contributed by atoms with van der Waals surface area (Å²) in [7, 11) is 0. The van der Waals surface area contributed by atoms with Crippen LogP contribution < -0.4 is 4.74 Å². The van der Waals surface area contributed by atoms with Crippen LogP contribution in [0.15, 0.2) is 48.5 Å². The predicted octanol–water partition coefficient (Wildman–Crippen LogP) is 9.13. The Labute approximate surface area is 205 Å². The van der Waals surface area contributed by atoms with Crippen LogP contribution in [-0.2, 0) is 13.0 Å². The average Bonchev–Trinajstić information content (AvgIpc) is 2.88. The van der Waals surface area contributed by atoms with Crippen molar-refractivity contribution in [2.24, 2.45) is 5.92 Å². The average molecular weight is 485 g/mol. The Hall–Kier alpha value is -2.82. The van der Waals surface area contributed by atoms with Crippen molar-refractivity contribution in [1.29, 1.82) is 0 Å². The summed E-state index contributed by atoms with van der Waals surface area (Å²) >= 11 is 0. The zero-order chi connectivity index (χ0) is 24.9. The molecule has 4 rings (SSSR count). The van der Waals surface area contributed by atoms with Gasteiger partial charge in [0.15, 0.2) is 23.2 Å². The first kappa shape index (κ1) is 25.3. The quantitative estimate of drug-likeness (QED) is 0.290. The lowest BCUT2D eigenvalue weighted by Gasteiger charge is -2.29. The molecule has 0 N–H and O–H groups in total. The molecule has 0 atom stereocenters. The molecule has 0 radical (unpaired) electrons. The highest BCUT2D eigenvalue weighted by molar-refractivity contribution is 5.65. The van der Waals surface area contributed by atoms with Gasteiger partial charge in [0.25, 0.3) is 0 Å². The van der Waals surface area contributed by atoms with E-state index < -0.39 is 23.3 Å². The van der Waals surface area contributed by atoms with Crippen LogP contribution >= 0.6 is 0 Å². The molecule has 35 heavy (non-hydrogen) atoms. The highest BCUT2D eigenvalue weighted by atomic mass is 19.2. The van der Waals surface area contributed by atoms with E-state index in [1.54, 1.807) is 49.4 Å². The monoisotopic (exact) mass is 484 g/mol. The van der Waals surface area contributed by atoms with Crippen LogP contribution in [0.4, 0.5) is 17.6 Å². The topological polar surface area (TPSA) is 9.23 Å². The molecule has 1 aliphatic carbocycles. The van der Waals surface area contributed by atoms with Crippen LogP contribution in [0.1, 0.15) is 75.0 Å². The summed E-state index contributed by atoms with van der Waals surface area (Å²) in [6.07, 6.45) is 6.68. The SMILES string of the molecule is CCCC1CCC(c2ccc(OCc3ccc(-c4ccc(CC)c(F)c4F)cc3)c(F)c2F)CC1. The summed E-state index contributed by atoms with van der Waals surface area (Å²) < 4.78 is 63.8. The van der Waals surface area contributed by atoms with E-state index in [4.69, 9.17) is 4.74 Å². The third-order valence-electron chi connectivity index (χ3n) is 7.26. The van der Waals surface area contributed by atoms with Gasteiger partial charge in [-0.3, -0.25) is 0 Å². The van der Waals surface area contributed by atoms with Gasteiger partial charge in [0.2, 0.25) is 5.82 Å². The molecule has 1 nitrogen and oxygen atoms in total. The highest BCUT2D eigenvalue weighted by Gasteiger charge is 2.26. The molecule has 1 aliphatic rings. The van der Waals surface area contributed by atoms with E-state index in [2.05, 4.69) is 6.92 Å². The number of hydrogen-bond donors (Lipinski definition) is 0. The maximum Gasteiger partial charge on any atom is 0.200 e. The van der Waals surface area contributed by atoms with Gasteiger partial charge in [0.05, 0.1) is 0 Å². The van der Waals surface area contributed by atoms with Crippen molar-refractivity contribution in [3.05, 3.63) is 88.5 Å². The number of hydrogen-bond acceptors (Lipinski definition) is 1. The maximum absolute atomic E-state index is 14.9. The fraction of sp³-hybridized carbons (Fsp3) is 0.400. The second-order valence-electron chi connectivity index (χ2n) is 9.53. The van der Waals surface area contributed by atoms with Crippen molar-refractivity contribution >= 4 is 0 Å². The Morgan fingerprint density at radius 3 is 2.11 bits per heavy atom. The molecule has 0 spiro atoms. The lowest BCUT2D eigenvalue weighted by molar-refractivity contribution is 0.279. The van der Waals surface area contributed by atoms with Crippen LogP contribution in [0.3, 0.4) is 0 Å². The maximum atomic E-state index is 14.9. The molecule has 1 fully saturated rings. The minimum absolute atomic E-state index is 0.0315. The number of benzene rings is 3. The molecule has 0 bridgehead atoms. The Balaban J connectivity index is 1.41. The molecule has 1 saturated carbocycles. The van der Waals surface area contributed by atoms with E-state index >= 15 is 0 Å². The molecule has 0 aliphatic heterocycles. The smallest absolute Gasteiger partial charge is 0.200 e. The standard InChI is InChI=1S/C30H32F4O/c1-3-5-19-6-10-22(11-7-19)25-16-17-26(30(34)29(25)33)35-18-20-8-12-23(13-9-20)24-15-14-21(4-2)27(31)28(24)32/h8-9,12-17,19,22H,3-7,10-11,18H2,1-2H3. The highest BCUT2D eigenvalue weighted by Crippen LogP contribution is 2.40. The van der Waals surface area contributed by atoms with Gasteiger partial charge in [-0.1, -0.05) is 69.2 Å². The molecule has 3 aromatic carbocycles. The molecule has 5 heteroatoms. The second kappa shape index (κ2) is 11.3. The molecular formula is C30H32F4O. The van der Waals surface area contributed by atoms with Gasteiger partial charge in [-0.2, -0.15) is 4.39 Å². The van der Waals surface area contributed by atoms with Crippen LogP contribution in [0.5, 0.6) is 5.75 Å². The molecule has 0 heterocycles. The van der Waals surface area contributed by atoms with Crippen molar-refractivity contribution in [2.45, 2.75) is 71.3 Å². The molecule has 0 unspecified atom stereocenters. The first-order chi connectivity index (χ1) is 16.9. The fourth-order valence-electron chi connectivity index (χ4n) is 5.17. The second-order valence-corrected chi connectivity index (χ2v) is 9.53. The van der Waals surface area contributed by atoms with Crippen molar-refractivity contribution < 1.29 is 22.3 Å². The first-order valence-electron chi connectivity index (χ1n) is 12.6. The fourth-order valence-corrected chi connectivity index (χ4v) is 5.17. The van der Waals surface area contributed by atoms with Crippen LogP contribution in [0, 0.1) is 29.2 Å². The summed E-state index contributed by atoms with van der Waals surface area (Å²) in [5.41, 5.74) is 2.19. The molecule has 3 aromatic rings. The Morgan fingerprint density at radius 2 is 1.46 bits per heavy atom. The zero-order valence-corrected chi connectivity index (χ0v) is 20.4. The third-order valence-corrected chi connectivity index (χ3v) is 7.26. The number of rotatable bonds is 8. The van der Waals surface area contributed by atoms with Gasteiger partial charge in [0, 0.05) is 5.56 Å². The Kier molecular flexibility index (Phi) is 8.15. The van der Waals surface area contributed by atoms with Gasteiger partial charge in [-0.05, 0) is 72.3 Å². The zero-order valence-electron chi connectivity index (χ0n) is 20.4. The first-order valence-corrected chi connectivity index (χ1v) is 12.6. The van der Waals surface area contributed by atoms with Crippen molar-refractivity contribution in [1.82, 2.24) is 0 Å². The van der Waals surface area contributed by atoms with E-state index in [9.17, 15) is 17.6 Å². The van der Waals surface area contributed by atoms with Crippen molar-refractivity contribution in [3.8, 4) is 16.9 Å². The molecular weight excluding hydrogens is 452 g/mol. The van der Waals surface area contributed by atoms with Gasteiger partial charge >= 0.3 is 0 Å². The van der Waals surface area contributed by atoms with Crippen molar-refractivity contribution in [2.75, 3.05) is 0 Å². The Morgan fingerprint density at radius 1 is 0.743 bits per heavy atom. The van der Waals surface area contributed by atoms with Crippen LogP contribution in [-0.4, -0.2) is 0 Å². The summed E-state index contributed by atoms with van der Waals surface area (Å²) in [6.45, 7) is 3.98. The summed E-state index contributed by atoms with van der Waals surface area (Å²) in [5.74, 6) is -2.84. The van der Waals surface area contributed by atoms with Crippen molar-refractivity contribution in [3.63, 3.8) is 0 Å². The van der Waals surface area contributed by atoms with E-state index in [0.717, 1.165) is 32.1 Å². The molecule has 0 amide bonds. The van der Waals surface area contributed by atoms with Crippen LogP contribution in [0.2, 0.25) is 0 Å². The molecule has 0 saturated heterocycles. The third kappa shape index (κ3) is 5.55. The minimum atomic E-state index is -0.955. The largest absolute Gasteiger partial charge is 0.486 e. The predicted molar refractivity (Wildman–Crippen MR) is 131 cm³/mol. The Bertz CT molecular complexity index is 1150.